The minimum atomic E-state index is 0.533. The van der Waals surface area contributed by atoms with Crippen LogP contribution in [0.15, 0.2) is 199 Å². The SMILES string of the molecule is c1ccc(-c2ccc(-c3cc(-c4cc(-n5c6ccccc6c6ccccc65)cc(-n5c6ccccc6c6ccccc65)c4)nc(-c4ccco4)n3)cc2)cc1. The van der Waals surface area contributed by atoms with Crippen molar-refractivity contribution in [2.75, 3.05) is 0 Å². The highest BCUT2D eigenvalue weighted by Gasteiger charge is 2.19. The molecule has 0 fully saturated rings. The molecule has 55 heavy (non-hydrogen) atoms. The second-order valence-corrected chi connectivity index (χ2v) is 13.9. The van der Waals surface area contributed by atoms with Crippen molar-refractivity contribution in [1.82, 2.24) is 19.1 Å². The van der Waals surface area contributed by atoms with Crippen LogP contribution in [0.3, 0.4) is 0 Å². The number of furan rings is 1. The molecule has 0 saturated heterocycles. The molecule has 0 N–H and O–H groups in total. The van der Waals surface area contributed by atoms with Gasteiger partial charge in [0.05, 0.1) is 39.7 Å². The number of nitrogens with zero attached hydrogens (tertiary/aromatic N) is 4. The van der Waals surface area contributed by atoms with Gasteiger partial charge in [-0.15, -0.1) is 0 Å². The molecule has 5 heteroatoms. The largest absolute Gasteiger partial charge is 0.461 e. The lowest BCUT2D eigenvalue weighted by atomic mass is 10.0. The Morgan fingerprint density at radius 2 is 0.782 bits per heavy atom. The van der Waals surface area contributed by atoms with E-state index in [4.69, 9.17) is 14.4 Å². The lowest BCUT2D eigenvalue weighted by Crippen LogP contribution is -2.01. The van der Waals surface area contributed by atoms with Crippen molar-refractivity contribution in [3.05, 3.63) is 194 Å². The van der Waals surface area contributed by atoms with Gasteiger partial charge in [-0.25, -0.2) is 9.97 Å². The summed E-state index contributed by atoms with van der Waals surface area (Å²) in [5.74, 6) is 1.15. The van der Waals surface area contributed by atoms with Gasteiger partial charge in [0.15, 0.2) is 11.6 Å². The normalized spacial score (nSPS) is 11.6. The Morgan fingerprint density at radius 3 is 1.27 bits per heavy atom. The van der Waals surface area contributed by atoms with Crippen molar-refractivity contribution in [3.63, 3.8) is 0 Å². The van der Waals surface area contributed by atoms with E-state index in [0.29, 0.717) is 11.6 Å². The molecule has 0 saturated carbocycles. The summed E-state index contributed by atoms with van der Waals surface area (Å²) < 4.78 is 10.7. The predicted octanol–water partition coefficient (Wildman–Crippen LogP) is 12.9. The third-order valence-corrected chi connectivity index (χ3v) is 10.6. The van der Waals surface area contributed by atoms with Gasteiger partial charge in [0, 0.05) is 44.0 Å². The molecule has 4 heterocycles. The number of hydrogen-bond donors (Lipinski definition) is 0. The summed E-state index contributed by atoms with van der Waals surface area (Å²) in [5.41, 5.74) is 12.6. The number of fused-ring (bicyclic) bond motifs is 6. The molecule has 0 aliphatic carbocycles. The van der Waals surface area contributed by atoms with Crippen LogP contribution in [0.5, 0.6) is 0 Å². The fourth-order valence-corrected chi connectivity index (χ4v) is 8.13. The third kappa shape index (κ3) is 5.17. The van der Waals surface area contributed by atoms with Gasteiger partial charge < -0.3 is 13.6 Å². The van der Waals surface area contributed by atoms with Crippen molar-refractivity contribution < 1.29 is 4.42 Å². The van der Waals surface area contributed by atoms with Gasteiger partial charge in [0.25, 0.3) is 0 Å². The predicted molar refractivity (Wildman–Crippen MR) is 225 cm³/mol. The summed E-state index contributed by atoms with van der Waals surface area (Å²) in [6.45, 7) is 0. The zero-order valence-corrected chi connectivity index (χ0v) is 29.7. The standard InChI is InChI=1S/C50H32N4O/c1-2-13-33(14-3-1)34-24-26-35(27-25-34)43-32-44(52-50(51-43)49-23-12-28-55-49)36-29-37(53-45-19-8-4-15-39(45)40-16-5-9-20-46(40)53)31-38(30-36)54-47-21-10-6-17-41(47)42-18-7-11-22-48(42)54/h1-32H. The Kier molecular flexibility index (Phi) is 7.10. The van der Waals surface area contributed by atoms with Crippen molar-refractivity contribution in [2.24, 2.45) is 0 Å². The zero-order chi connectivity index (χ0) is 36.3. The Morgan fingerprint density at radius 1 is 0.345 bits per heavy atom. The summed E-state index contributed by atoms with van der Waals surface area (Å²) in [6.07, 6.45) is 1.67. The van der Waals surface area contributed by atoms with E-state index >= 15 is 0 Å². The zero-order valence-electron chi connectivity index (χ0n) is 29.7. The van der Waals surface area contributed by atoms with Crippen LogP contribution in [0.2, 0.25) is 0 Å². The van der Waals surface area contributed by atoms with Gasteiger partial charge in [-0.2, -0.15) is 0 Å². The van der Waals surface area contributed by atoms with Crippen LogP contribution in [-0.2, 0) is 0 Å². The first-order valence-electron chi connectivity index (χ1n) is 18.5. The maximum Gasteiger partial charge on any atom is 0.196 e. The van der Waals surface area contributed by atoms with Crippen molar-refractivity contribution in [2.45, 2.75) is 0 Å². The molecular formula is C50H32N4O. The molecule has 0 aliphatic rings. The first-order valence-corrected chi connectivity index (χ1v) is 18.5. The molecule has 0 unspecified atom stereocenters. The lowest BCUT2D eigenvalue weighted by Gasteiger charge is -2.16. The first-order chi connectivity index (χ1) is 27.3. The minimum absolute atomic E-state index is 0.533. The summed E-state index contributed by atoms with van der Waals surface area (Å²) in [4.78, 5) is 10.3. The van der Waals surface area contributed by atoms with Gasteiger partial charge in [0.2, 0.25) is 0 Å². The molecule has 4 aromatic heterocycles. The van der Waals surface area contributed by atoms with Crippen LogP contribution in [-0.4, -0.2) is 19.1 Å². The monoisotopic (exact) mass is 704 g/mol. The van der Waals surface area contributed by atoms with E-state index in [1.807, 2.05) is 18.2 Å². The van der Waals surface area contributed by atoms with E-state index in [0.717, 1.165) is 61.5 Å². The van der Waals surface area contributed by atoms with Gasteiger partial charge >= 0.3 is 0 Å². The second-order valence-electron chi connectivity index (χ2n) is 13.9. The Labute approximate surface area is 317 Å². The number of hydrogen-bond acceptors (Lipinski definition) is 3. The van der Waals surface area contributed by atoms with Gasteiger partial charge in [0.1, 0.15) is 0 Å². The highest BCUT2D eigenvalue weighted by atomic mass is 16.3. The molecule has 5 nitrogen and oxygen atoms in total. The highest BCUT2D eigenvalue weighted by Crippen LogP contribution is 2.38. The van der Waals surface area contributed by atoms with Crippen molar-refractivity contribution in [1.29, 1.82) is 0 Å². The van der Waals surface area contributed by atoms with Crippen LogP contribution in [0.25, 0.3) is 100 Å². The van der Waals surface area contributed by atoms with Crippen LogP contribution in [0, 0.1) is 0 Å². The van der Waals surface area contributed by atoms with E-state index in [9.17, 15) is 0 Å². The maximum atomic E-state index is 5.90. The smallest absolute Gasteiger partial charge is 0.196 e. The fraction of sp³-hybridized carbons (Fsp3) is 0. The second kappa shape index (κ2) is 12.6. The average Bonchev–Trinajstić information content (AvgIpc) is 4.00. The van der Waals surface area contributed by atoms with E-state index < -0.39 is 0 Å². The Bertz CT molecular complexity index is 2950. The molecule has 11 aromatic rings. The van der Waals surface area contributed by atoms with Crippen molar-refractivity contribution >= 4 is 43.6 Å². The third-order valence-electron chi connectivity index (χ3n) is 10.6. The lowest BCUT2D eigenvalue weighted by molar-refractivity contribution is 0.577. The van der Waals surface area contributed by atoms with Crippen LogP contribution >= 0.6 is 0 Å². The molecule has 0 spiro atoms. The van der Waals surface area contributed by atoms with E-state index in [-0.39, 0.29) is 0 Å². The van der Waals surface area contributed by atoms with E-state index in [1.54, 1.807) is 6.26 Å². The Hall–Kier alpha value is -7.50. The summed E-state index contributed by atoms with van der Waals surface area (Å²) >= 11 is 0. The summed E-state index contributed by atoms with van der Waals surface area (Å²) in [6, 6.07) is 66.3. The summed E-state index contributed by atoms with van der Waals surface area (Å²) in [7, 11) is 0. The van der Waals surface area contributed by atoms with E-state index in [1.165, 1.54) is 27.1 Å². The maximum absolute atomic E-state index is 5.90. The van der Waals surface area contributed by atoms with Crippen LogP contribution in [0.1, 0.15) is 0 Å². The first kappa shape index (κ1) is 31.1. The average molecular weight is 705 g/mol. The van der Waals surface area contributed by atoms with Gasteiger partial charge in [-0.05, 0) is 71.8 Å². The highest BCUT2D eigenvalue weighted by molar-refractivity contribution is 6.10. The molecule has 0 radical (unpaired) electrons. The minimum Gasteiger partial charge on any atom is -0.461 e. The quantitative estimate of drug-likeness (QED) is 0.173. The number of aromatic nitrogens is 4. The summed E-state index contributed by atoms with van der Waals surface area (Å²) in [5, 5.41) is 4.85. The molecule has 0 bridgehead atoms. The molecule has 11 rings (SSSR count). The molecule has 0 amide bonds. The Balaban J connectivity index is 1.18. The van der Waals surface area contributed by atoms with Crippen molar-refractivity contribution in [3.8, 4) is 56.6 Å². The molecular weight excluding hydrogens is 673 g/mol. The fourth-order valence-electron chi connectivity index (χ4n) is 8.13. The van der Waals surface area contributed by atoms with Gasteiger partial charge in [-0.1, -0.05) is 127 Å². The van der Waals surface area contributed by atoms with E-state index in [2.05, 4.69) is 179 Å². The van der Waals surface area contributed by atoms with Crippen LogP contribution in [0.4, 0.5) is 0 Å². The van der Waals surface area contributed by atoms with Crippen LogP contribution < -0.4 is 0 Å². The molecule has 258 valence electrons. The number of para-hydroxylation sites is 4. The molecule has 7 aromatic carbocycles. The number of rotatable bonds is 6. The molecule has 0 atom stereocenters. The topological polar surface area (TPSA) is 48.8 Å². The van der Waals surface area contributed by atoms with Gasteiger partial charge in [-0.3, -0.25) is 0 Å². The molecule has 0 aliphatic heterocycles. The number of benzene rings is 7.